The van der Waals surface area contributed by atoms with Crippen LogP contribution in [0.1, 0.15) is 37.6 Å². The molecular formula is C28H33N3O4S. The number of likely N-dealkylation sites (tertiary alicyclic amines) is 1. The predicted octanol–water partition coefficient (Wildman–Crippen LogP) is 3.27. The number of benzene rings is 1. The number of hydrogen-bond acceptors (Lipinski definition) is 5. The summed E-state index contributed by atoms with van der Waals surface area (Å²) in [7, 11) is 0. The van der Waals surface area contributed by atoms with Gasteiger partial charge in [0, 0.05) is 18.0 Å². The molecular weight excluding hydrogens is 474 g/mol. The van der Waals surface area contributed by atoms with Gasteiger partial charge in [-0.15, -0.1) is 11.3 Å². The van der Waals surface area contributed by atoms with Crippen LogP contribution in [-0.4, -0.2) is 46.4 Å². The van der Waals surface area contributed by atoms with Crippen molar-refractivity contribution in [1.29, 1.82) is 0 Å². The van der Waals surface area contributed by atoms with Gasteiger partial charge in [0.1, 0.15) is 11.6 Å². The molecule has 1 spiro atoms. The van der Waals surface area contributed by atoms with Gasteiger partial charge in [0.25, 0.3) is 0 Å². The molecule has 5 rings (SSSR count). The van der Waals surface area contributed by atoms with Gasteiger partial charge < -0.3 is 20.3 Å². The third kappa shape index (κ3) is 4.16. The fourth-order valence-electron chi connectivity index (χ4n) is 5.85. The molecule has 1 aromatic heterocycles. The number of amides is 3. The predicted molar refractivity (Wildman–Crippen MR) is 138 cm³/mol. The van der Waals surface area contributed by atoms with Crippen LogP contribution in [0, 0.1) is 17.8 Å². The Labute approximate surface area is 215 Å². The topological polar surface area (TPSA) is 87.7 Å². The number of ether oxygens (including phenoxy) is 1. The molecule has 2 aromatic rings. The Morgan fingerprint density at radius 2 is 1.81 bits per heavy atom. The minimum atomic E-state index is -1.16. The number of carbonyl (C=O) groups is 3. The van der Waals surface area contributed by atoms with Crippen LogP contribution in [0.4, 0.5) is 0 Å². The molecule has 3 aliphatic heterocycles. The zero-order valence-electron chi connectivity index (χ0n) is 20.9. The van der Waals surface area contributed by atoms with E-state index in [9.17, 15) is 14.4 Å². The Balaban J connectivity index is 1.43. The standard InChI is InChI=1S/C28H33N3O4S/c1-18(2)11-14-31-23(25(33)29-16-19-8-5-4-6-9-19)28-13-12-27(3,35-28)21(22(28)26(31)34)24(32)30-17-20-10-7-15-36-20/h4-10,12-13,15,18,21-23H,11,14,16-17H2,1-3H3,(H,29,33)(H,30,32)/t21-,22-,23-,27+,28-/m0/s1. The monoisotopic (exact) mass is 507 g/mol. The molecule has 7 nitrogen and oxygen atoms in total. The van der Waals surface area contributed by atoms with E-state index in [1.165, 1.54) is 0 Å². The first kappa shape index (κ1) is 24.7. The fourth-order valence-corrected chi connectivity index (χ4v) is 6.49. The Morgan fingerprint density at radius 3 is 2.50 bits per heavy atom. The molecule has 0 unspecified atom stereocenters. The van der Waals surface area contributed by atoms with E-state index in [-0.39, 0.29) is 17.7 Å². The van der Waals surface area contributed by atoms with E-state index in [4.69, 9.17) is 4.74 Å². The van der Waals surface area contributed by atoms with Crippen LogP contribution in [0.2, 0.25) is 0 Å². The summed E-state index contributed by atoms with van der Waals surface area (Å²) in [5, 5.41) is 8.00. The van der Waals surface area contributed by atoms with Crippen molar-refractivity contribution < 1.29 is 19.1 Å². The van der Waals surface area contributed by atoms with E-state index in [1.807, 2.05) is 66.9 Å². The maximum atomic E-state index is 13.9. The molecule has 1 aromatic carbocycles. The zero-order valence-corrected chi connectivity index (χ0v) is 21.7. The number of nitrogens with one attached hydrogen (secondary N) is 2. The lowest BCUT2D eigenvalue weighted by Crippen LogP contribution is -2.54. The number of hydrogen-bond donors (Lipinski definition) is 2. The highest BCUT2D eigenvalue weighted by atomic mass is 32.1. The maximum absolute atomic E-state index is 13.9. The minimum absolute atomic E-state index is 0.181. The zero-order chi connectivity index (χ0) is 25.5. The van der Waals surface area contributed by atoms with E-state index >= 15 is 0 Å². The molecule has 0 radical (unpaired) electrons. The number of nitrogens with zero attached hydrogens (tertiary/aromatic N) is 1. The molecule has 4 heterocycles. The lowest BCUT2D eigenvalue weighted by molar-refractivity contribution is -0.145. The highest BCUT2D eigenvalue weighted by Crippen LogP contribution is 2.59. The highest BCUT2D eigenvalue weighted by Gasteiger charge is 2.76. The highest BCUT2D eigenvalue weighted by molar-refractivity contribution is 7.09. The molecule has 2 fully saturated rings. The summed E-state index contributed by atoms with van der Waals surface area (Å²) in [4.78, 5) is 43.8. The number of carbonyl (C=O) groups excluding carboxylic acids is 3. The van der Waals surface area contributed by atoms with E-state index in [2.05, 4.69) is 24.5 Å². The van der Waals surface area contributed by atoms with E-state index in [0.29, 0.717) is 25.6 Å². The average molecular weight is 508 g/mol. The van der Waals surface area contributed by atoms with E-state index in [0.717, 1.165) is 16.9 Å². The van der Waals surface area contributed by atoms with Gasteiger partial charge in [-0.05, 0) is 36.3 Å². The lowest BCUT2D eigenvalue weighted by Gasteiger charge is -2.33. The summed E-state index contributed by atoms with van der Waals surface area (Å²) in [5.41, 5.74) is -1.13. The lowest BCUT2D eigenvalue weighted by atomic mass is 9.70. The second kappa shape index (κ2) is 9.48. The number of thiophene rings is 1. The molecule has 3 amide bonds. The van der Waals surface area contributed by atoms with Crippen molar-refractivity contribution in [3.63, 3.8) is 0 Å². The summed E-state index contributed by atoms with van der Waals surface area (Å²) in [6.07, 6.45) is 4.49. The van der Waals surface area contributed by atoms with Gasteiger partial charge in [0.15, 0.2) is 0 Å². The first-order chi connectivity index (χ1) is 17.2. The molecule has 0 aliphatic carbocycles. The average Bonchev–Trinajstić information content (AvgIpc) is 3.60. The van der Waals surface area contributed by atoms with Crippen molar-refractivity contribution >= 4 is 29.1 Å². The Hall–Kier alpha value is -2.97. The van der Waals surface area contributed by atoms with Crippen molar-refractivity contribution in [1.82, 2.24) is 15.5 Å². The Kier molecular flexibility index (Phi) is 6.51. The van der Waals surface area contributed by atoms with Crippen LogP contribution in [0.25, 0.3) is 0 Å². The van der Waals surface area contributed by atoms with Gasteiger partial charge in [-0.25, -0.2) is 0 Å². The molecule has 5 atom stereocenters. The largest absolute Gasteiger partial charge is 0.356 e. The fraction of sp³-hybridized carbons (Fsp3) is 0.464. The van der Waals surface area contributed by atoms with Crippen molar-refractivity contribution in [2.75, 3.05) is 6.54 Å². The van der Waals surface area contributed by atoms with Crippen molar-refractivity contribution in [3.8, 4) is 0 Å². The van der Waals surface area contributed by atoms with Gasteiger partial charge in [-0.2, -0.15) is 0 Å². The first-order valence-electron chi connectivity index (χ1n) is 12.6. The molecule has 0 saturated carbocycles. The molecule has 8 heteroatoms. The first-order valence-corrected chi connectivity index (χ1v) is 13.5. The van der Waals surface area contributed by atoms with Crippen LogP contribution >= 0.6 is 11.3 Å². The smallest absolute Gasteiger partial charge is 0.246 e. The van der Waals surface area contributed by atoms with Crippen molar-refractivity contribution in [2.45, 2.75) is 57.5 Å². The molecule has 3 aliphatic rings. The van der Waals surface area contributed by atoms with Crippen LogP contribution < -0.4 is 10.6 Å². The summed E-state index contributed by atoms with van der Waals surface area (Å²) in [6.45, 7) is 7.22. The van der Waals surface area contributed by atoms with Gasteiger partial charge >= 0.3 is 0 Å². The summed E-state index contributed by atoms with van der Waals surface area (Å²) >= 11 is 1.57. The Morgan fingerprint density at radius 1 is 1.06 bits per heavy atom. The van der Waals surface area contributed by atoms with Gasteiger partial charge in [0.2, 0.25) is 17.7 Å². The molecule has 36 heavy (non-hydrogen) atoms. The normalized spacial score (nSPS) is 30.2. The van der Waals surface area contributed by atoms with Crippen LogP contribution in [0.5, 0.6) is 0 Å². The van der Waals surface area contributed by atoms with Gasteiger partial charge in [-0.3, -0.25) is 14.4 Å². The van der Waals surface area contributed by atoms with Gasteiger partial charge in [-0.1, -0.05) is 62.4 Å². The number of fused-ring (bicyclic) bond motifs is 1. The molecule has 2 bridgehead atoms. The Bertz CT molecular complexity index is 1160. The van der Waals surface area contributed by atoms with Crippen LogP contribution in [-0.2, 0) is 32.2 Å². The SMILES string of the molecule is CC(C)CCN1C(=O)[C@@H]2[C@@H](C(=O)NCc3cccs3)[C@@]3(C)C=C[C@@]2(O3)[C@@H]1C(=O)NCc1ccccc1. The van der Waals surface area contributed by atoms with E-state index in [1.54, 1.807) is 16.2 Å². The molecule has 190 valence electrons. The second-order valence-corrected chi connectivity index (χ2v) is 11.6. The van der Waals surface area contributed by atoms with Crippen molar-refractivity contribution in [2.24, 2.45) is 17.8 Å². The second-order valence-electron chi connectivity index (χ2n) is 10.5. The van der Waals surface area contributed by atoms with Gasteiger partial charge in [0.05, 0.1) is 24.0 Å². The van der Waals surface area contributed by atoms with Crippen molar-refractivity contribution in [3.05, 3.63) is 70.4 Å². The minimum Gasteiger partial charge on any atom is -0.356 e. The molecule has 2 N–H and O–H groups in total. The van der Waals surface area contributed by atoms with Crippen LogP contribution in [0.15, 0.2) is 60.0 Å². The third-order valence-corrected chi connectivity index (χ3v) is 8.48. The number of rotatable bonds is 9. The summed E-state index contributed by atoms with van der Waals surface area (Å²) < 4.78 is 6.54. The van der Waals surface area contributed by atoms with E-state index < -0.39 is 29.1 Å². The van der Waals surface area contributed by atoms with Crippen LogP contribution in [0.3, 0.4) is 0 Å². The quantitative estimate of drug-likeness (QED) is 0.510. The summed E-state index contributed by atoms with van der Waals surface area (Å²) in [6, 6.07) is 12.8. The maximum Gasteiger partial charge on any atom is 0.246 e. The summed E-state index contributed by atoms with van der Waals surface area (Å²) in [5.74, 6) is -1.74. The third-order valence-electron chi connectivity index (χ3n) is 7.60. The molecule has 2 saturated heterocycles.